The highest BCUT2D eigenvalue weighted by atomic mass is 16.1. The maximum Gasteiger partial charge on any atom is 0.167 e. The minimum atomic E-state index is 0.244. The van der Waals surface area contributed by atoms with E-state index in [4.69, 9.17) is 5.26 Å². The number of allylic oxidation sites excluding steroid dienone is 1. The normalized spacial score (nSPS) is 16.8. The SMILES string of the molecule is N#Cc1ccc(C2=CCN(CCCC3=Cc4ccccc4C(=O)C3)CC2)nc1. The van der Waals surface area contributed by atoms with E-state index in [1.807, 2.05) is 36.4 Å². The van der Waals surface area contributed by atoms with E-state index in [2.05, 4.69) is 28.1 Å². The largest absolute Gasteiger partial charge is 0.299 e. The summed E-state index contributed by atoms with van der Waals surface area (Å²) >= 11 is 0. The molecule has 0 spiro atoms. The fourth-order valence-electron chi connectivity index (χ4n) is 3.94. The summed E-state index contributed by atoms with van der Waals surface area (Å²) in [5.41, 5.74) is 6.00. The lowest BCUT2D eigenvalue weighted by molar-refractivity contribution is 0.0990. The fourth-order valence-corrected chi connectivity index (χ4v) is 3.94. The predicted octanol–water partition coefficient (Wildman–Crippen LogP) is 4.49. The molecule has 1 aromatic heterocycles. The smallest absolute Gasteiger partial charge is 0.167 e. The first-order chi connectivity index (χ1) is 13.7. The van der Waals surface area contributed by atoms with E-state index in [0.29, 0.717) is 12.0 Å². The molecule has 0 saturated heterocycles. The van der Waals surface area contributed by atoms with Crippen LogP contribution in [0.15, 0.2) is 54.2 Å². The molecule has 0 fully saturated rings. The van der Waals surface area contributed by atoms with Crippen LogP contribution in [0.1, 0.15) is 52.9 Å². The quantitative estimate of drug-likeness (QED) is 0.779. The van der Waals surface area contributed by atoms with Gasteiger partial charge in [0.2, 0.25) is 0 Å². The maximum atomic E-state index is 12.3. The lowest BCUT2D eigenvalue weighted by Crippen LogP contribution is -2.29. The summed E-state index contributed by atoms with van der Waals surface area (Å²) < 4.78 is 0. The second-order valence-electron chi connectivity index (χ2n) is 7.42. The van der Waals surface area contributed by atoms with Gasteiger partial charge in [-0.2, -0.15) is 5.26 Å². The molecule has 4 nitrogen and oxygen atoms in total. The number of ketones is 1. The molecule has 28 heavy (non-hydrogen) atoms. The predicted molar refractivity (Wildman–Crippen MR) is 111 cm³/mol. The molecule has 0 atom stereocenters. The first kappa shape index (κ1) is 18.3. The Morgan fingerprint density at radius 1 is 1.18 bits per heavy atom. The third-order valence-electron chi connectivity index (χ3n) is 5.50. The number of hydrogen-bond acceptors (Lipinski definition) is 4. The Balaban J connectivity index is 1.29. The van der Waals surface area contributed by atoms with Gasteiger partial charge in [0.1, 0.15) is 6.07 Å². The fraction of sp³-hybridized carbons (Fsp3) is 0.292. The van der Waals surface area contributed by atoms with Gasteiger partial charge in [-0.1, -0.05) is 42.0 Å². The van der Waals surface area contributed by atoms with E-state index in [9.17, 15) is 4.79 Å². The van der Waals surface area contributed by atoms with Crippen LogP contribution in [0.4, 0.5) is 0 Å². The summed E-state index contributed by atoms with van der Waals surface area (Å²) in [6.45, 7) is 2.99. The number of nitriles is 1. The zero-order valence-electron chi connectivity index (χ0n) is 15.9. The van der Waals surface area contributed by atoms with Crippen molar-refractivity contribution >= 4 is 17.4 Å². The van der Waals surface area contributed by atoms with E-state index in [1.54, 1.807) is 6.20 Å². The summed E-state index contributed by atoms with van der Waals surface area (Å²) in [7, 11) is 0. The molecule has 0 amide bonds. The number of aromatic nitrogens is 1. The number of carbonyl (C=O) groups excluding carboxylic acids is 1. The Morgan fingerprint density at radius 2 is 2.07 bits per heavy atom. The number of fused-ring (bicyclic) bond motifs is 1. The molecule has 0 unspecified atom stereocenters. The maximum absolute atomic E-state index is 12.3. The van der Waals surface area contributed by atoms with Gasteiger partial charge in [-0.05, 0) is 49.1 Å². The summed E-state index contributed by atoms with van der Waals surface area (Å²) in [6, 6.07) is 13.7. The van der Waals surface area contributed by atoms with E-state index in [-0.39, 0.29) is 5.78 Å². The molecule has 1 aliphatic carbocycles. The number of Topliss-reactive ketones (excluding diaryl/α,β-unsaturated/α-hetero) is 1. The number of pyridine rings is 1. The highest BCUT2D eigenvalue weighted by molar-refractivity contribution is 6.03. The minimum Gasteiger partial charge on any atom is -0.299 e. The van der Waals surface area contributed by atoms with Crippen LogP contribution in [0.25, 0.3) is 11.6 Å². The number of rotatable bonds is 5. The Morgan fingerprint density at radius 3 is 2.82 bits per heavy atom. The average Bonchev–Trinajstić information content (AvgIpc) is 2.74. The molecule has 1 aromatic carbocycles. The molecule has 2 heterocycles. The number of hydrogen-bond donors (Lipinski definition) is 0. The van der Waals surface area contributed by atoms with Gasteiger partial charge < -0.3 is 0 Å². The topological polar surface area (TPSA) is 57.0 Å². The highest BCUT2D eigenvalue weighted by Crippen LogP contribution is 2.27. The van der Waals surface area contributed by atoms with Crippen molar-refractivity contribution in [3.63, 3.8) is 0 Å². The zero-order chi connectivity index (χ0) is 19.3. The Hall–Kier alpha value is -3.03. The van der Waals surface area contributed by atoms with Crippen molar-refractivity contribution in [2.24, 2.45) is 0 Å². The molecular weight excluding hydrogens is 346 g/mol. The summed E-state index contributed by atoms with van der Waals surface area (Å²) in [5, 5.41) is 8.88. The number of nitrogens with zero attached hydrogens (tertiary/aromatic N) is 3. The minimum absolute atomic E-state index is 0.244. The van der Waals surface area contributed by atoms with Crippen molar-refractivity contribution in [1.82, 2.24) is 9.88 Å². The molecular formula is C24H23N3O. The van der Waals surface area contributed by atoms with Crippen LogP contribution in [-0.4, -0.2) is 35.3 Å². The Kier molecular flexibility index (Phi) is 5.45. The van der Waals surface area contributed by atoms with Crippen LogP contribution < -0.4 is 0 Å². The standard InChI is InChI=1S/C24H23N3O/c25-16-19-7-8-23(26-17-19)20-9-12-27(13-10-20)11-3-4-18-14-21-5-1-2-6-22(21)24(28)15-18/h1-2,5-9,14,17H,3-4,10-13,15H2. The number of benzene rings is 1. The van der Waals surface area contributed by atoms with E-state index >= 15 is 0 Å². The van der Waals surface area contributed by atoms with Crippen molar-refractivity contribution < 1.29 is 4.79 Å². The van der Waals surface area contributed by atoms with Crippen molar-refractivity contribution in [2.75, 3.05) is 19.6 Å². The van der Waals surface area contributed by atoms with Crippen molar-refractivity contribution in [3.05, 3.63) is 76.6 Å². The molecule has 2 aromatic rings. The third-order valence-corrected chi connectivity index (χ3v) is 5.50. The van der Waals surface area contributed by atoms with Gasteiger partial charge in [-0.15, -0.1) is 0 Å². The highest BCUT2D eigenvalue weighted by Gasteiger charge is 2.18. The molecule has 0 saturated carbocycles. The lowest BCUT2D eigenvalue weighted by Gasteiger charge is -2.26. The summed E-state index contributed by atoms with van der Waals surface area (Å²) in [6.07, 6.45) is 9.67. The van der Waals surface area contributed by atoms with Gasteiger partial charge >= 0.3 is 0 Å². The van der Waals surface area contributed by atoms with Crippen LogP contribution in [0, 0.1) is 11.3 Å². The van der Waals surface area contributed by atoms with E-state index in [1.165, 1.54) is 11.1 Å². The van der Waals surface area contributed by atoms with E-state index in [0.717, 1.165) is 55.7 Å². The zero-order valence-corrected chi connectivity index (χ0v) is 15.9. The van der Waals surface area contributed by atoms with Crippen molar-refractivity contribution in [2.45, 2.75) is 25.7 Å². The molecule has 140 valence electrons. The number of carbonyl (C=O) groups is 1. The van der Waals surface area contributed by atoms with Crippen LogP contribution in [0.3, 0.4) is 0 Å². The second kappa shape index (κ2) is 8.33. The molecule has 4 heteroatoms. The van der Waals surface area contributed by atoms with Crippen LogP contribution in [0.5, 0.6) is 0 Å². The molecule has 4 rings (SSSR count). The lowest BCUT2D eigenvalue weighted by atomic mass is 9.89. The van der Waals surface area contributed by atoms with Gasteiger partial charge in [0.15, 0.2) is 5.78 Å². The second-order valence-corrected chi connectivity index (χ2v) is 7.42. The monoisotopic (exact) mass is 369 g/mol. The van der Waals surface area contributed by atoms with Gasteiger partial charge in [0, 0.05) is 31.3 Å². The molecule has 2 aliphatic rings. The Bertz CT molecular complexity index is 980. The average molecular weight is 369 g/mol. The molecule has 0 radical (unpaired) electrons. The first-order valence-corrected chi connectivity index (χ1v) is 9.82. The van der Waals surface area contributed by atoms with Crippen LogP contribution in [-0.2, 0) is 0 Å². The van der Waals surface area contributed by atoms with Crippen molar-refractivity contribution in [3.8, 4) is 6.07 Å². The summed E-state index contributed by atoms with van der Waals surface area (Å²) in [5.74, 6) is 0.244. The van der Waals surface area contributed by atoms with Gasteiger partial charge in [-0.25, -0.2) is 0 Å². The Labute approximate surface area is 165 Å². The summed E-state index contributed by atoms with van der Waals surface area (Å²) in [4.78, 5) is 19.1. The van der Waals surface area contributed by atoms with Gasteiger partial charge in [0.25, 0.3) is 0 Å². The van der Waals surface area contributed by atoms with Gasteiger partial charge in [0.05, 0.1) is 11.3 Å². The van der Waals surface area contributed by atoms with E-state index < -0.39 is 0 Å². The first-order valence-electron chi connectivity index (χ1n) is 9.82. The van der Waals surface area contributed by atoms with Gasteiger partial charge in [-0.3, -0.25) is 14.7 Å². The molecule has 0 N–H and O–H groups in total. The molecule has 0 bridgehead atoms. The van der Waals surface area contributed by atoms with Crippen molar-refractivity contribution in [1.29, 1.82) is 5.26 Å². The third kappa shape index (κ3) is 4.11. The van der Waals surface area contributed by atoms with Crippen LogP contribution in [0.2, 0.25) is 0 Å². The van der Waals surface area contributed by atoms with Crippen LogP contribution >= 0.6 is 0 Å². The molecule has 1 aliphatic heterocycles.